The highest BCUT2D eigenvalue weighted by molar-refractivity contribution is 5.64. The summed E-state index contributed by atoms with van der Waals surface area (Å²) in [5.74, 6) is 0. The van der Waals surface area contributed by atoms with E-state index in [4.69, 9.17) is 0 Å². The molecule has 0 radical (unpaired) electrons. The quantitative estimate of drug-likeness (QED) is 0.682. The highest BCUT2D eigenvalue weighted by Crippen LogP contribution is 2.21. The zero-order chi connectivity index (χ0) is 12.2. The van der Waals surface area contributed by atoms with Gasteiger partial charge in [-0.3, -0.25) is 0 Å². The zero-order valence-corrected chi connectivity index (χ0v) is 9.69. The van der Waals surface area contributed by atoms with E-state index in [9.17, 15) is 0 Å². The van der Waals surface area contributed by atoms with Crippen LogP contribution in [-0.4, -0.2) is 15.0 Å². The monoisotopic (exact) mass is 233 g/mol. The minimum atomic E-state index is 0.886. The maximum absolute atomic E-state index is 4.63. The fourth-order valence-corrected chi connectivity index (χ4v) is 1.80. The van der Waals surface area contributed by atoms with Gasteiger partial charge in [0, 0.05) is 23.5 Å². The minimum absolute atomic E-state index is 0.886. The second-order valence-corrected chi connectivity index (χ2v) is 3.90. The lowest BCUT2D eigenvalue weighted by atomic mass is 10.1. The van der Waals surface area contributed by atoms with E-state index in [2.05, 4.69) is 15.0 Å². The average Bonchev–Trinajstić information content (AvgIpc) is 2.49. The van der Waals surface area contributed by atoms with Crippen LogP contribution in [0.25, 0.3) is 22.5 Å². The van der Waals surface area contributed by atoms with Crippen LogP contribution in [0.15, 0.2) is 67.3 Å². The molecule has 86 valence electrons. The standard InChI is InChI=1S/C15H11N3/c1-2-5-12(6-3-1)14-7-4-8-15(18-14)13-9-16-11-17-10-13/h1-11H. The summed E-state index contributed by atoms with van der Waals surface area (Å²) in [4.78, 5) is 12.7. The lowest BCUT2D eigenvalue weighted by molar-refractivity contribution is 1.16. The number of hydrogen-bond acceptors (Lipinski definition) is 3. The molecule has 0 aliphatic rings. The Kier molecular flexibility index (Phi) is 2.80. The Balaban J connectivity index is 2.05. The Hall–Kier alpha value is -2.55. The first-order chi connectivity index (χ1) is 8.93. The molecule has 3 heteroatoms. The number of nitrogens with zero attached hydrogens (tertiary/aromatic N) is 3. The van der Waals surface area contributed by atoms with Crippen molar-refractivity contribution in [1.29, 1.82) is 0 Å². The Bertz CT molecular complexity index is 581. The third-order valence-electron chi connectivity index (χ3n) is 2.67. The predicted molar refractivity (Wildman–Crippen MR) is 70.7 cm³/mol. The molecule has 18 heavy (non-hydrogen) atoms. The summed E-state index contributed by atoms with van der Waals surface area (Å²) >= 11 is 0. The molecular formula is C15H11N3. The van der Waals surface area contributed by atoms with Gasteiger partial charge in [-0.25, -0.2) is 15.0 Å². The molecule has 0 spiro atoms. The molecule has 0 fully saturated rings. The van der Waals surface area contributed by atoms with Gasteiger partial charge in [0.15, 0.2) is 0 Å². The summed E-state index contributed by atoms with van der Waals surface area (Å²) in [6.45, 7) is 0. The highest BCUT2D eigenvalue weighted by atomic mass is 14.8. The average molecular weight is 233 g/mol. The van der Waals surface area contributed by atoms with Crippen LogP contribution >= 0.6 is 0 Å². The SMILES string of the molecule is c1ccc(-c2cccc(-c3cncnc3)n2)cc1. The van der Waals surface area contributed by atoms with Crippen molar-refractivity contribution >= 4 is 0 Å². The van der Waals surface area contributed by atoms with E-state index in [0.29, 0.717) is 0 Å². The van der Waals surface area contributed by atoms with Crippen LogP contribution in [0, 0.1) is 0 Å². The summed E-state index contributed by atoms with van der Waals surface area (Å²) in [6, 6.07) is 16.1. The van der Waals surface area contributed by atoms with Crippen molar-refractivity contribution < 1.29 is 0 Å². The predicted octanol–water partition coefficient (Wildman–Crippen LogP) is 3.21. The van der Waals surface area contributed by atoms with E-state index in [1.54, 1.807) is 12.4 Å². The summed E-state index contributed by atoms with van der Waals surface area (Å²) in [6.07, 6.45) is 5.05. The van der Waals surface area contributed by atoms with Crippen LogP contribution in [0.2, 0.25) is 0 Å². The molecule has 2 aromatic heterocycles. The van der Waals surface area contributed by atoms with Gasteiger partial charge in [-0.15, -0.1) is 0 Å². The molecular weight excluding hydrogens is 222 g/mol. The van der Waals surface area contributed by atoms with Gasteiger partial charge in [-0.05, 0) is 12.1 Å². The Labute approximate surface area is 105 Å². The van der Waals surface area contributed by atoms with Crippen molar-refractivity contribution in [2.75, 3.05) is 0 Å². The van der Waals surface area contributed by atoms with Crippen LogP contribution < -0.4 is 0 Å². The lowest BCUT2D eigenvalue weighted by Gasteiger charge is -2.04. The van der Waals surface area contributed by atoms with E-state index >= 15 is 0 Å². The van der Waals surface area contributed by atoms with Crippen LogP contribution in [-0.2, 0) is 0 Å². The molecule has 0 atom stereocenters. The van der Waals surface area contributed by atoms with E-state index in [0.717, 1.165) is 22.5 Å². The lowest BCUT2D eigenvalue weighted by Crippen LogP contribution is -1.88. The highest BCUT2D eigenvalue weighted by Gasteiger charge is 2.02. The Morgan fingerprint density at radius 3 is 2.00 bits per heavy atom. The fourth-order valence-electron chi connectivity index (χ4n) is 1.80. The number of pyridine rings is 1. The third kappa shape index (κ3) is 2.11. The zero-order valence-electron chi connectivity index (χ0n) is 9.69. The van der Waals surface area contributed by atoms with Gasteiger partial charge in [0.1, 0.15) is 6.33 Å². The first-order valence-corrected chi connectivity index (χ1v) is 5.71. The van der Waals surface area contributed by atoms with Gasteiger partial charge >= 0.3 is 0 Å². The first-order valence-electron chi connectivity index (χ1n) is 5.71. The molecule has 2 heterocycles. The van der Waals surface area contributed by atoms with Crippen molar-refractivity contribution in [3.8, 4) is 22.5 Å². The van der Waals surface area contributed by atoms with E-state index in [-0.39, 0.29) is 0 Å². The Morgan fingerprint density at radius 2 is 1.28 bits per heavy atom. The van der Waals surface area contributed by atoms with Gasteiger partial charge in [0.2, 0.25) is 0 Å². The number of aromatic nitrogens is 3. The normalized spacial score (nSPS) is 10.2. The van der Waals surface area contributed by atoms with Crippen molar-refractivity contribution in [3.05, 3.63) is 67.3 Å². The summed E-state index contributed by atoms with van der Waals surface area (Å²) in [5, 5.41) is 0. The summed E-state index contributed by atoms with van der Waals surface area (Å²) < 4.78 is 0. The van der Waals surface area contributed by atoms with Gasteiger partial charge in [-0.2, -0.15) is 0 Å². The second-order valence-electron chi connectivity index (χ2n) is 3.90. The molecule has 0 amide bonds. The summed E-state index contributed by atoms with van der Waals surface area (Å²) in [5.41, 5.74) is 3.88. The van der Waals surface area contributed by atoms with Crippen LogP contribution in [0.4, 0.5) is 0 Å². The topological polar surface area (TPSA) is 38.7 Å². The van der Waals surface area contributed by atoms with Crippen molar-refractivity contribution in [1.82, 2.24) is 15.0 Å². The third-order valence-corrected chi connectivity index (χ3v) is 2.67. The number of rotatable bonds is 2. The summed E-state index contributed by atoms with van der Waals surface area (Å²) in [7, 11) is 0. The Morgan fingerprint density at radius 1 is 0.611 bits per heavy atom. The van der Waals surface area contributed by atoms with Gasteiger partial charge < -0.3 is 0 Å². The van der Waals surface area contributed by atoms with Crippen LogP contribution in [0.5, 0.6) is 0 Å². The minimum Gasteiger partial charge on any atom is -0.248 e. The molecule has 0 saturated carbocycles. The fraction of sp³-hybridized carbons (Fsp3) is 0. The second kappa shape index (κ2) is 4.75. The van der Waals surface area contributed by atoms with Crippen molar-refractivity contribution in [3.63, 3.8) is 0 Å². The molecule has 3 aromatic rings. The molecule has 0 saturated heterocycles. The molecule has 3 rings (SSSR count). The maximum atomic E-state index is 4.63. The molecule has 0 aliphatic carbocycles. The van der Waals surface area contributed by atoms with E-state index in [1.807, 2.05) is 48.5 Å². The molecule has 0 bridgehead atoms. The smallest absolute Gasteiger partial charge is 0.115 e. The van der Waals surface area contributed by atoms with Gasteiger partial charge in [-0.1, -0.05) is 36.4 Å². The van der Waals surface area contributed by atoms with Gasteiger partial charge in [0.05, 0.1) is 11.4 Å². The van der Waals surface area contributed by atoms with Crippen molar-refractivity contribution in [2.45, 2.75) is 0 Å². The van der Waals surface area contributed by atoms with Crippen LogP contribution in [0.3, 0.4) is 0 Å². The van der Waals surface area contributed by atoms with E-state index < -0.39 is 0 Å². The van der Waals surface area contributed by atoms with Crippen LogP contribution in [0.1, 0.15) is 0 Å². The molecule has 3 nitrogen and oxygen atoms in total. The van der Waals surface area contributed by atoms with E-state index in [1.165, 1.54) is 6.33 Å². The molecule has 0 unspecified atom stereocenters. The van der Waals surface area contributed by atoms with Gasteiger partial charge in [0.25, 0.3) is 0 Å². The molecule has 1 aromatic carbocycles. The number of benzene rings is 1. The molecule has 0 N–H and O–H groups in total. The van der Waals surface area contributed by atoms with Crippen molar-refractivity contribution in [2.24, 2.45) is 0 Å². The first kappa shape index (κ1) is 10.6. The maximum Gasteiger partial charge on any atom is 0.115 e. The molecule has 0 aliphatic heterocycles. The largest absolute Gasteiger partial charge is 0.248 e. The number of hydrogen-bond donors (Lipinski definition) is 0.